The average Bonchev–Trinajstić information content (AvgIpc) is 2.50. The number of anilines is 1. The van der Waals surface area contributed by atoms with E-state index in [0.717, 1.165) is 5.69 Å². The van der Waals surface area contributed by atoms with Gasteiger partial charge in [-0.05, 0) is 0 Å². The van der Waals surface area contributed by atoms with Crippen molar-refractivity contribution in [2.24, 2.45) is 0 Å². The van der Waals surface area contributed by atoms with Crippen molar-refractivity contribution >= 4 is 27.6 Å². The van der Waals surface area contributed by atoms with Crippen LogP contribution in [0.15, 0.2) is 18.2 Å². The second kappa shape index (κ2) is 9.76. The molecule has 0 saturated carbocycles. The van der Waals surface area contributed by atoms with Crippen LogP contribution in [0.25, 0.3) is 0 Å². The van der Waals surface area contributed by atoms with Gasteiger partial charge in [0, 0.05) is 0 Å². The molecular weight excluding hydrogens is 361 g/mol. The van der Waals surface area contributed by atoms with E-state index in [1.165, 1.54) is 57.4 Å². The summed E-state index contributed by atoms with van der Waals surface area (Å²) in [7, 11) is 0. The Labute approximate surface area is 136 Å². The molecule has 0 bridgehead atoms. The van der Waals surface area contributed by atoms with Gasteiger partial charge in [0.1, 0.15) is 0 Å². The molecule has 0 aromatic heterocycles. The predicted molar refractivity (Wildman–Crippen MR) is 100 cm³/mol. The molecule has 0 aliphatic carbocycles. The van der Waals surface area contributed by atoms with E-state index in [1.807, 2.05) is 0 Å². The number of benzene rings is 1. The molecule has 0 radical (unpaired) electrons. The number of unbranched alkanes of at least 4 members (excludes halogenated alkanes) is 3. The van der Waals surface area contributed by atoms with Gasteiger partial charge >= 0.3 is 137 Å². The number of nitrogens with two attached hydrogens (primary N) is 1. The van der Waals surface area contributed by atoms with Gasteiger partial charge in [-0.3, -0.25) is 0 Å². The van der Waals surface area contributed by atoms with Gasteiger partial charge in [-0.1, -0.05) is 0 Å². The number of nitrogen functional groups attached to an aromatic ring is 1. The molecule has 0 heterocycles. The van der Waals surface area contributed by atoms with Crippen LogP contribution in [0.3, 0.4) is 0 Å². The van der Waals surface area contributed by atoms with E-state index in [4.69, 9.17) is 5.73 Å². The normalized spacial score (nSPS) is 11.8. The zero-order chi connectivity index (χ0) is 15.7. The van der Waals surface area contributed by atoms with Gasteiger partial charge in [-0.2, -0.15) is 0 Å². The fourth-order valence-electron chi connectivity index (χ4n) is 3.55. The van der Waals surface area contributed by atoms with Crippen molar-refractivity contribution in [3.8, 4) is 0 Å². The third-order valence-electron chi connectivity index (χ3n) is 4.97. The van der Waals surface area contributed by atoms with Gasteiger partial charge in [-0.25, -0.2) is 0 Å². The first-order chi connectivity index (χ1) is 10.1. The summed E-state index contributed by atoms with van der Waals surface area (Å²) >= 11 is -2.28. The molecule has 0 unspecified atom stereocenters. The molecule has 0 fully saturated rings. The monoisotopic (exact) mass is 397 g/mol. The van der Waals surface area contributed by atoms with E-state index in [-0.39, 0.29) is 0 Å². The molecule has 0 spiro atoms. The third kappa shape index (κ3) is 5.19. The van der Waals surface area contributed by atoms with E-state index >= 15 is 0 Å². The summed E-state index contributed by atoms with van der Waals surface area (Å²) in [6, 6.07) is 6.71. The van der Waals surface area contributed by atoms with E-state index in [2.05, 4.69) is 45.9 Å². The molecule has 2 heteroatoms. The maximum atomic E-state index is 6.24. The van der Waals surface area contributed by atoms with Gasteiger partial charge in [0.05, 0.1) is 0 Å². The minimum absolute atomic E-state index is 1.01. The molecule has 1 nitrogen and oxygen atoms in total. The van der Waals surface area contributed by atoms with Crippen molar-refractivity contribution in [2.75, 3.05) is 5.73 Å². The molecule has 120 valence electrons. The topological polar surface area (TPSA) is 26.0 Å². The first-order valence-electron chi connectivity index (χ1n) is 8.96. The fourth-order valence-corrected chi connectivity index (χ4v) is 20.8. The standard InChI is InChI=1S/C7H8N.3C4H9.Sn/c1-6-4-2-3-5-7(6)8;3*1-3-4-2;/h2-3,5H,8H2,1H3;3*1,3-4H2,2H3;. The van der Waals surface area contributed by atoms with Crippen LogP contribution in [0, 0.1) is 6.92 Å². The second-order valence-electron chi connectivity index (χ2n) is 6.61. The molecule has 2 N–H and O–H groups in total. The summed E-state index contributed by atoms with van der Waals surface area (Å²) in [4.78, 5) is 0. The fraction of sp³-hybridized carbons (Fsp3) is 0.684. The van der Waals surface area contributed by atoms with Crippen LogP contribution in [0.1, 0.15) is 64.9 Å². The summed E-state index contributed by atoms with van der Waals surface area (Å²) in [5, 5.41) is 0. The minimum atomic E-state index is -2.28. The van der Waals surface area contributed by atoms with Gasteiger partial charge < -0.3 is 0 Å². The molecule has 1 aromatic carbocycles. The van der Waals surface area contributed by atoms with E-state index in [1.54, 1.807) is 3.58 Å². The van der Waals surface area contributed by atoms with Gasteiger partial charge in [-0.15, -0.1) is 0 Å². The summed E-state index contributed by atoms with van der Waals surface area (Å²) in [5.74, 6) is 0. The van der Waals surface area contributed by atoms with Crippen LogP contribution >= 0.6 is 0 Å². The Balaban J connectivity index is 3.19. The molecule has 0 aliphatic rings. The SMILES string of the molecule is CCC[CH2][Sn]([CH2]CCC)([CH2]CCC)[c]1cccc(N)c1C. The van der Waals surface area contributed by atoms with Crippen LogP contribution in [0.4, 0.5) is 5.69 Å². The Bertz CT molecular complexity index is 392. The van der Waals surface area contributed by atoms with Crippen molar-refractivity contribution in [3.05, 3.63) is 23.8 Å². The van der Waals surface area contributed by atoms with Crippen molar-refractivity contribution in [1.82, 2.24) is 0 Å². The molecule has 21 heavy (non-hydrogen) atoms. The third-order valence-corrected chi connectivity index (χ3v) is 21.0. The first kappa shape index (κ1) is 18.9. The van der Waals surface area contributed by atoms with Crippen molar-refractivity contribution in [1.29, 1.82) is 0 Å². The Morgan fingerprint density at radius 1 is 0.857 bits per heavy atom. The van der Waals surface area contributed by atoms with Crippen LogP contribution in [-0.4, -0.2) is 18.4 Å². The molecule has 0 aliphatic heterocycles. The zero-order valence-corrected chi connectivity index (χ0v) is 17.5. The molecule has 0 atom stereocenters. The zero-order valence-electron chi connectivity index (χ0n) is 14.7. The number of hydrogen-bond acceptors (Lipinski definition) is 1. The first-order valence-corrected chi connectivity index (χ1v) is 16.4. The predicted octanol–water partition coefficient (Wildman–Crippen LogP) is 5.63. The number of rotatable bonds is 10. The van der Waals surface area contributed by atoms with Crippen LogP contribution in [-0.2, 0) is 0 Å². The van der Waals surface area contributed by atoms with E-state index in [9.17, 15) is 0 Å². The Hall–Kier alpha value is -0.181. The molecule has 1 rings (SSSR count). The van der Waals surface area contributed by atoms with Gasteiger partial charge in [0.15, 0.2) is 0 Å². The second-order valence-corrected chi connectivity index (χ2v) is 19.7. The maximum absolute atomic E-state index is 6.24. The van der Waals surface area contributed by atoms with Crippen molar-refractivity contribution < 1.29 is 0 Å². The summed E-state index contributed by atoms with van der Waals surface area (Å²) in [5.41, 5.74) is 8.66. The molecule has 0 saturated heterocycles. The summed E-state index contributed by atoms with van der Waals surface area (Å²) in [6.07, 6.45) is 8.24. The summed E-state index contributed by atoms with van der Waals surface area (Å²) < 4.78 is 6.31. The van der Waals surface area contributed by atoms with Crippen molar-refractivity contribution in [3.63, 3.8) is 0 Å². The Kier molecular flexibility index (Phi) is 8.77. The van der Waals surface area contributed by atoms with Gasteiger partial charge in [0.25, 0.3) is 0 Å². The molecular formula is C19H35NSn. The molecule has 0 amide bonds. The quantitative estimate of drug-likeness (QED) is 0.403. The van der Waals surface area contributed by atoms with Crippen LogP contribution in [0.5, 0.6) is 0 Å². The molecule has 1 aromatic rings. The van der Waals surface area contributed by atoms with Crippen LogP contribution < -0.4 is 9.31 Å². The van der Waals surface area contributed by atoms with Crippen molar-refractivity contribution in [2.45, 2.75) is 79.5 Å². The average molecular weight is 396 g/mol. The van der Waals surface area contributed by atoms with Crippen LogP contribution in [0.2, 0.25) is 13.3 Å². The van der Waals surface area contributed by atoms with Gasteiger partial charge in [0.2, 0.25) is 0 Å². The Morgan fingerprint density at radius 3 is 1.76 bits per heavy atom. The number of hydrogen-bond donors (Lipinski definition) is 1. The van der Waals surface area contributed by atoms with E-state index < -0.39 is 18.4 Å². The van der Waals surface area contributed by atoms with E-state index in [0.29, 0.717) is 0 Å². The summed E-state index contributed by atoms with van der Waals surface area (Å²) in [6.45, 7) is 9.27. The Morgan fingerprint density at radius 2 is 1.33 bits per heavy atom.